The zero-order chi connectivity index (χ0) is 19.8. The first kappa shape index (κ1) is 20.3. The molecule has 2 aromatic carbocycles. The van der Waals surface area contributed by atoms with E-state index in [9.17, 15) is 4.39 Å². The Morgan fingerprint density at radius 2 is 1.57 bits per heavy atom. The summed E-state index contributed by atoms with van der Waals surface area (Å²) in [5.74, 6) is 0.450. The Labute approximate surface area is 167 Å². The maximum absolute atomic E-state index is 13.7. The molecule has 2 aromatic rings. The number of nitrogens with one attached hydrogen (secondary N) is 2. The highest BCUT2D eigenvalue weighted by molar-refractivity contribution is 5.79. The monoisotopic (exact) mass is 383 g/mol. The lowest BCUT2D eigenvalue weighted by Crippen LogP contribution is -2.43. The van der Waals surface area contributed by atoms with E-state index in [1.807, 2.05) is 6.07 Å². The van der Waals surface area contributed by atoms with Gasteiger partial charge in [-0.3, -0.25) is 9.89 Å². The van der Waals surface area contributed by atoms with Crippen molar-refractivity contribution >= 4 is 5.96 Å². The second kappa shape index (κ2) is 10.2. The van der Waals surface area contributed by atoms with Gasteiger partial charge in [0.25, 0.3) is 0 Å². The molecule has 0 radical (unpaired) electrons. The quantitative estimate of drug-likeness (QED) is 0.594. The summed E-state index contributed by atoms with van der Waals surface area (Å²) in [6, 6.07) is 15.5. The van der Waals surface area contributed by atoms with Gasteiger partial charge in [0.2, 0.25) is 0 Å². The average Bonchev–Trinajstić information content (AvgIpc) is 2.72. The van der Waals surface area contributed by atoms with E-state index < -0.39 is 0 Å². The van der Waals surface area contributed by atoms with Crippen molar-refractivity contribution in [2.45, 2.75) is 19.6 Å². The number of aliphatic imine (C=N–C) groups is 1. The Bertz CT molecular complexity index is 767. The first-order valence-corrected chi connectivity index (χ1v) is 9.80. The maximum atomic E-state index is 13.7. The molecule has 5 nitrogen and oxygen atoms in total. The number of rotatable bonds is 6. The van der Waals surface area contributed by atoms with Crippen LogP contribution in [0.1, 0.15) is 16.7 Å². The lowest BCUT2D eigenvalue weighted by Gasteiger charge is -2.32. The molecule has 1 saturated heterocycles. The molecule has 0 spiro atoms. The van der Waals surface area contributed by atoms with Crippen LogP contribution in [0.3, 0.4) is 0 Å². The molecule has 0 saturated carbocycles. The number of hydrogen-bond acceptors (Lipinski definition) is 3. The summed E-state index contributed by atoms with van der Waals surface area (Å²) in [6.45, 7) is 6.62. The van der Waals surface area contributed by atoms with Gasteiger partial charge >= 0.3 is 0 Å². The van der Waals surface area contributed by atoms with Crippen LogP contribution in [0.4, 0.5) is 4.39 Å². The van der Waals surface area contributed by atoms with Crippen molar-refractivity contribution in [3.63, 3.8) is 0 Å². The van der Waals surface area contributed by atoms with Gasteiger partial charge in [0.15, 0.2) is 5.96 Å². The van der Waals surface area contributed by atoms with Crippen molar-refractivity contribution in [1.29, 1.82) is 0 Å². The fraction of sp³-hybridized carbons (Fsp3) is 0.409. The van der Waals surface area contributed by atoms with E-state index in [0.29, 0.717) is 24.6 Å². The zero-order valence-corrected chi connectivity index (χ0v) is 16.8. The van der Waals surface area contributed by atoms with Gasteiger partial charge in [-0.15, -0.1) is 0 Å². The van der Waals surface area contributed by atoms with Gasteiger partial charge in [0.1, 0.15) is 5.82 Å². The zero-order valence-electron chi connectivity index (χ0n) is 16.8. The van der Waals surface area contributed by atoms with Gasteiger partial charge in [-0.1, -0.05) is 42.5 Å². The third-order valence-electron chi connectivity index (χ3n) is 5.11. The predicted molar refractivity (Wildman–Crippen MR) is 113 cm³/mol. The number of benzene rings is 2. The van der Waals surface area contributed by atoms with Crippen LogP contribution in [0.15, 0.2) is 53.5 Å². The van der Waals surface area contributed by atoms with Crippen molar-refractivity contribution in [2.75, 3.05) is 40.3 Å². The van der Waals surface area contributed by atoms with E-state index in [1.165, 1.54) is 17.2 Å². The fourth-order valence-corrected chi connectivity index (χ4v) is 3.25. The lowest BCUT2D eigenvalue weighted by atomic mass is 10.1. The van der Waals surface area contributed by atoms with Crippen LogP contribution in [0.25, 0.3) is 0 Å². The number of hydrogen-bond donors (Lipinski definition) is 2. The molecule has 3 rings (SSSR count). The Morgan fingerprint density at radius 1 is 0.929 bits per heavy atom. The summed E-state index contributed by atoms with van der Waals surface area (Å²) >= 11 is 0. The number of nitrogens with zero attached hydrogens (tertiary/aromatic N) is 3. The first-order valence-electron chi connectivity index (χ1n) is 9.80. The van der Waals surface area contributed by atoms with E-state index in [4.69, 9.17) is 0 Å². The van der Waals surface area contributed by atoms with Crippen LogP contribution in [-0.2, 0) is 19.6 Å². The Hall–Kier alpha value is -2.44. The molecule has 0 bridgehead atoms. The fourth-order valence-electron chi connectivity index (χ4n) is 3.25. The SMILES string of the molecule is CN=C(NCc1ccc(CN2CCN(C)CC2)cc1)NCc1ccccc1F. The van der Waals surface area contributed by atoms with Crippen molar-refractivity contribution in [1.82, 2.24) is 20.4 Å². The van der Waals surface area contributed by atoms with E-state index in [1.54, 1.807) is 19.2 Å². The average molecular weight is 384 g/mol. The molecular formula is C22H30FN5. The molecule has 1 aliphatic rings. The van der Waals surface area contributed by atoms with Crippen LogP contribution in [0.5, 0.6) is 0 Å². The molecule has 1 heterocycles. The minimum Gasteiger partial charge on any atom is -0.352 e. The predicted octanol–water partition coefficient (Wildman–Crippen LogP) is 2.44. The molecule has 2 N–H and O–H groups in total. The highest BCUT2D eigenvalue weighted by atomic mass is 19.1. The Kier molecular flexibility index (Phi) is 7.39. The minimum atomic E-state index is -0.207. The van der Waals surface area contributed by atoms with Crippen LogP contribution in [-0.4, -0.2) is 56.0 Å². The molecule has 0 amide bonds. The van der Waals surface area contributed by atoms with Crippen LogP contribution in [0.2, 0.25) is 0 Å². The number of halogens is 1. The van der Waals surface area contributed by atoms with Gasteiger partial charge in [-0.2, -0.15) is 0 Å². The summed E-state index contributed by atoms with van der Waals surface area (Å²) in [6.07, 6.45) is 0. The first-order chi connectivity index (χ1) is 13.6. The standard InChI is InChI=1S/C22H30FN5/c1-24-22(26-16-20-5-3-4-6-21(20)23)25-15-18-7-9-19(10-8-18)17-28-13-11-27(2)12-14-28/h3-10H,11-17H2,1-2H3,(H2,24,25,26). The normalized spacial score (nSPS) is 16.2. The summed E-state index contributed by atoms with van der Waals surface area (Å²) in [5.41, 5.74) is 3.16. The largest absolute Gasteiger partial charge is 0.352 e. The summed E-state index contributed by atoms with van der Waals surface area (Å²) in [4.78, 5) is 9.09. The number of guanidine groups is 1. The minimum absolute atomic E-state index is 0.207. The topological polar surface area (TPSA) is 42.9 Å². The van der Waals surface area contributed by atoms with Gasteiger partial charge in [0.05, 0.1) is 0 Å². The van der Waals surface area contributed by atoms with Crippen LogP contribution < -0.4 is 10.6 Å². The smallest absolute Gasteiger partial charge is 0.191 e. The van der Waals surface area contributed by atoms with Crippen molar-refractivity contribution in [2.24, 2.45) is 4.99 Å². The molecule has 28 heavy (non-hydrogen) atoms. The van der Waals surface area contributed by atoms with Gasteiger partial charge in [-0.05, 0) is 24.2 Å². The van der Waals surface area contributed by atoms with E-state index in [-0.39, 0.29) is 5.82 Å². The second-order valence-electron chi connectivity index (χ2n) is 7.27. The van der Waals surface area contributed by atoms with Gasteiger partial charge in [0, 0.05) is 58.4 Å². The van der Waals surface area contributed by atoms with Crippen LogP contribution in [0, 0.1) is 5.82 Å². The molecule has 6 heteroatoms. The van der Waals surface area contributed by atoms with E-state index in [2.05, 4.69) is 56.7 Å². The maximum Gasteiger partial charge on any atom is 0.191 e. The highest BCUT2D eigenvalue weighted by Crippen LogP contribution is 2.10. The van der Waals surface area contributed by atoms with Crippen molar-refractivity contribution < 1.29 is 4.39 Å². The third kappa shape index (κ3) is 6.04. The number of piperazine rings is 1. The molecule has 0 aromatic heterocycles. The molecule has 1 aliphatic heterocycles. The van der Waals surface area contributed by atoms with Gasteiger partial charge < -0.3 is 15.5 Å². The molecule has 0 aliphatic carbocycles. The van der Waals surface area contributed by atoms with Gasteiger partial charge in [-0.25, -0.2) is 4.39 Å². The highest BCUT2D eigenvalue weighted by Gasteiger charge is 2.13. The second-order valence-corrected chi connectivity index (χ2v) is 7.27. The molecule has 150 valence electrons. The van der Waals surface area contributed by atoms with E-state index in [0.717, 1.165) is 32.7 Å². The van der Waals surface area contributed by atoms with Crippen LogP contribution >= 0.6 is 0 Å². The Balaban J connectivity index is 1.45. The molecule has 0 atom stereocenters. The van der Waals surface area contributed by atoms with E-state index >= 15 is 0 Å². The molecular weight excluding hydrogens is 353 g/mol. The van der Waals surface area contributed by atoms with Crippen molar-refractivity contribution in [3.05, 3.63) is 71.0 Å². The number of likely N-dealkylation sites (N-methyl/N-ethyl adjacent to an activating group) is 1. The third-order valence-corrected chi connectivity index (χ3v) is 5.11. The van der Waals surface area contributed by atoms with Crippen molar-refractivity contribution in [3.8, 4) is 0 Å². The Morgan fingerprint density at radius 3 is 2.25 bits per heavy atom. The summed E-state index contributed by atoms with van der Waals surface area (Å²) < 4.78 is 13.7. The molecule has 1 fully saturated rings. The lowest BCUT2D eigenvalue weighted by molar-refractivity contribution is 0.148. The molecule has 0 unspecified atom stereocenters. The summed E-state index contributed by atoms with van der Waals surface area (Å²) in [5, 5.41) is 6.44. The summed E-state index contributed by atoms with van der Waals surface area (Å²) in [7, 11) is 3.90.